The maximum Gasteiger partial charge on any atom is 0.162 e. The Morgan fingerprint density at radius 3 is 2.56 bits per heavy atom. The van der Waals surface area contributed by atoms with Gasteiger partial charge in [0.05, 0.1) is 18.7 Å². The van der Waals surface area contributed by atoms with E-state index < -0.39 is 5.60 Å². The van der Waals surface area contributed by atoms with E-state index in [9.17, 15) is 4.79 Å². The van der Waals surface area contributed by atoms with Crippen molar-refractivity contribution in [2.45, 2.75) is 19.4 Å². The van der Waals surface area contributed by atoms with Crippen LogP contribution in [0.4, 0.5) is 0 Å². The van der Waals surface area contributed by atoms with Crippen molar-refractivity contribution in [2.75, 3.05) is 7.11 Å². The van der Waals surface area contributed by atoms with Crippen LogP contribution in [0, 0.1) is 11.3 Å². The van der Waals surface area contributed by atoms with Crippen LogP contribution in [0.15, 0.2) is 18.2 Å². The van der Waals surface area contributed by atoms with Gasteiger partial charge in [-0.1, -0.05) is 0 Å². The molecule has 1 aromatic carbocycles. The van der Waals surface area contributed by atoms with Crippen LogP contribution in [0.25, 0.3) is 0 Å². The van der Waals surface area contributed by atoms with Crippen molar-refractivity contribution in [3.63, 3.8) is 0 Å². The Morgan fingerprint density at radius 1 is 1.38 bits per heavy atom. The van der Waals surface area contributed by atoms with Gasteiger partial charge in [-0.15, -0.1) is 0 Å². The topological polar surface area (TPSA) is 59.3 Å². The molecule has 0 aromatic heterocycles. The summed E-state index contributed by atoms with van der Waals surface area (Å²) in [5.74, 6) is 0.882. The van der Waals surface area contributed by atoms with Crippen molar-refractivity contribution >= 4 is 6.29 Å². The van der Waals surface area contributed by atoms with E-state index in [1.807, 2.05) is 6.07 Å². The highest BCUT2D eigenvalue weighted by molar-refractivity contribution is 5.62. The van der Waals surface area contributed by atoms with E-state index >= 15 is 0 Å². The molecule has 0 spiro atoms. The molecule has 0 bridgehead atoms. The molecule has 84 valence electrons. The van der Waals surface area contributed by atoms with E-state index in [4.69, 9.17) is 14.7 Å². The largest absolute Gasteiger partial charge is 0.493 e. The number of hydrogen-bond donors (Lipinski definition) is 0. The van der Waals surface area contributed by atoms with Gasteiger partial charge in [0.15, 0.2) is 23.4 Å². The highest BCUT2D eigenvalue weighted by atomic mass is 16.5. The molecule has 0 aliphatic rings. The molecule has 0 heterocycles. The molecule has 0 N–H and O–H groups in total. The van der Waals surface area contributed by atoms with E-state index in [2.05, 4.69) is 0 Å². The van der Waals surface area contributed by atoms with Crippen LogP contribution in [0.1, 0.15) is 19.4 Å². The summed E-state index contributed by atoms with van der Waals surface area (Å²) in [7, 11) is 1.48. The average molecular weight is 219 g/mol. The third-order valence-corrected chi connectivity index (χ3v) is 1.95. The van der Waals surface area contributed by atoms with Crippen LogP contribution in [0.2, 0.25) is 0 Å². The molecule has 0 atom stereocenters. The highest BCUT2D eigenvalue weighted by Gasteiger charge is 2.20. The van der Waals surface area contributed by atoms with Crippen molar-refractivity contribution in [3.05, 3.63) is 23.8 Å². The SMILES string of the molecule is COc1cc(C#N)ccc1OC(C)(C)C=O. The molecule has 4 heteroatoms. The minimum atomic E-state index is -0.915. The summed E-state index contributed by atoms with van der Waals surface area (Å²) < 4.78 is 10.6. The van der Waals surface area contributed by atoms with Crippen LogP contribution in [0.3, 0.4) is 0 Å². The van der Waals surface area contributed by atoms with Crippen LogP contribution in [0.5, 0.6) is 11.5 Å². The van der Waals surface area contributed by atoms with Gasteiger partial charge in [0.25, 0.3) is 0 Å². The lowest BCUT2D eigenvalue weighted by Gasteiger charge is -2.21. The minimum absolute atomic E-state index is 0.439. The third kappa shape index (κ3) is 2.74. The van der Waals surface area contributed by atoms with Crippen LogP contribution < -0.4 is 9.47 Å². The van der Waals surface area contributed by atoms with Gasteiger partial charge < -0.3 is 9.47 Å². The fourth-order valence-corrected chi connectivity index (χ4v) is 1.13. The predicted molar refractivity (Wildman–Crippen MR) is 58.5 cm³/mol. The molecule has 0 aliphatic heterocycles. The molecule has 4 nitrogen and oxygen atoms in total. The van der Waals surface area contributed by atoms with Gasteiger partial charge in [-0.05, 0) is 26.0 Å². The monoisotopic (exact) mass is 219 g/mol. The van der Waals surface area contributed by atoms with Crippen molar-refractivity contribution < 1.29 is 14.3 Å². The van der Waals surface area contributed by atoms with E-state index in [0.29, 0.717) is 23.3 Å². The maximum atomic E-state index is 10.7. The predicted octanol–water partition coefficient (Wildman–Crippen LogP) is 1.92. The number of hydrogen-bond acceptors (Lipinski definition) is 4. The Morgan fingerprint density at radius 2 is 2.06 bits per heavy atom. The van der Waals surface area contributed by atoms with Crippen LogP contribution in [-0.2, 0) is 4.79 Å². The second kappa shape index (κ2) is 4.67. The third-order valence-electron chi connectivity index (χ3n) is 1.95. The molecule has 0 unspecified atom stereocenters. The zero-order valence-corrected chi connectivity index (χ0v) is 9.48. The van der Waals surface area contributed by atoms with Crippen molar-refractivity contribution in [1.82, 2.24) is 0 Å². The van der Waals surface area contributed by atoms with E-state index in [-0.39, 0.29) is 0 Å². The summed E-state index contributed by atoms with van der Waals surface area (Å²) in [5.41, 5.74) is -0.436. The number of carbonyl (C=O) groups excluding carboxylic acids is 1. The van der Waals surface area contributed by atoms with E-state index in [0.717, 1.165) is 0 Å². The second-order valence-corrected chi connectivity index (χ2v) is 3.80. The number of nitriles is 1. The number of benzene rings is 1. The van der Waals surface area contributed by atoms with Crippen molar-refractivity contribution in [1.29, 1.82) is 5.26 Å². The van der Waals surface area contributed by atoms with Crippen molar-refractivity contribution in [3.8, 4) is 17.6 Å². The molecule has 0 aliphatic carbocycles. The first-order valence-corrected chi connectivity index (χ1v) is 4.76. The summed E-state index contributed by atoms with van der Waals surface area (Å²) in [5, 5.41) is 8.72. The van der Waals surface area contributed by atoms with Gasteiger partial charge in [-0.25, -0.2) is 0 Å². The summed E-state index contributed by atoms with van der Waals surface area (Å²) in [6, 6.07) is 6.79. The van der Waals surface area contributed by atoms with Gasteiger partial charge in [-0.2, -0.15) is 5.26 Å². The van der Waals surface area contributed by atoms with Gasteiger partial charge in [0.1, 0.15) is 0 Å². The van der Waals surface area contributed by atoms with Gasteiger partial charge >= 0.3 is 0 Å². The Kier molecular flexibility index (Phi) is 3.51. The standard InChI is InChI=1S/C12H13NO3/c1-12(2,8-14)16-10-5-4-9(7-13)6-11(10)15-3/h4-6,8H,1-3H3. The molecule has 1 rings (SSSR count). The average Bonchev–Trinajstić information content (AvgIpc) is 2.29. The second-order valence-electron chi connectivity index (χ2n) is 3.80. The smallest absolute Gasteiger partial charge is 0.162 e. The Bertz CT molecular complexity index is 432. The first-order valence-electron chi connectivity index (χ1n) is 4.76. The Labute approximate surface area is 94.4 Å². The summed E-state index contributed by atoms with van der Waals surface area (Å²) >= 11 is 0. The molecule has 16 heavy (non-hydrogen) atoms. The molecular weight excluding hydrogens is 206 g/mol. The quantitative estimate of drug-likeness (QED) is 0.726. The number of ether oxygens (including phenoxy) is 2. The zero-order chi connectivity index (χ0) is 12.2. The zero-order valence-electron chi connectivity index (χ0n) is 9.48. The normalized spacial score (nSPS) is 10.4. The number of rotatable bonds is 4. The fourth-order valence-electron chi connectivity index (χ4n) is 1.13. The van der Waals surface area contributed by atoms with Crippen LogP contribution in [-0.4, -0.2) is 19.0 Å². The lowest BCUT2D eigenvalue weighted by molar-refractivity contribution is -0.119. The lowest BCUT2D eigenvalue weighted by atomic mass is 10.1. The minimum Gasteiger partial charge on any atom is -0.493 e. The number of nitrogens with zero attached hydrogens (tertiary/aromatic N) is 1. The fraction of sp³-hybridized carbons (Fsp3) is 0.333. The van der Waals surface area contributed by atoms with Gasteiger partial charge in [0.2, 0.25) is 0 Å². The summed E-state index contributed by atoms with van der Waals surface area (Å²) in [6.07, 6.45) is 0.713. The van der Waals surface area contributed by atoms with Gasteiger partial charge in [0, 0.05) is 6.07 Å². The number of methoxy groups -OCH3 is 1. The molecule has 0 saturated heterocycles. The molecular formula is C12H13NO3. The number of carbonyl (C=O) groups is 1. The Hall–Kier alpha value is -2.02. The molecule has 0 radical (unpaired) electrons. The molecule has 0 saturated carbocycles. The maximum absolute atomic E-state index is 10.7. The Balaban J connectivity index is 3.06. The molecule has 1 aromatic rings. The first kappa shape index (κ1) is 12.1. The first-order chi connectivity index (χ1) is 7.52. The van der Waals surface area contributed by atoms with Crippen molar-refractivity contribution in [2.24, 2.45) is 0 Å². The van der Waals surface area contributed by atoms with Gasteiger partial charge in [-0.3, -0.25) is 4.79 Å². The summed E-state index contributed by atoms with van der Waals surface area (Å²) in [4.78, 5) is 10.7. The van der Waals surface area contributed by atoms with E-state index in [1.165, 1.54) is 7.11 Å². The molecule has 0 amide bonds. The lowest BCUT2D eigenvalue weighted by Crippen LogP contribution is -2.29. The number of aldehydes is 1. The van der Waals surface area contributed by atoms with E-state index in [1.54, 1.807) is 32.0 Å². The molecule has 0 fully saturated rings. The summed E-state index contributed by atoms with van der Waals surface area (Å²) in [6.45, 7) is 3.30. The van der Waals surface area contributed by atoms with Crippen LogP contribution >= 0.6 is 0 Å². The highest BCUT2D eigenvalue weighted by Crippen LogP contribution is 2.30.